The van der Waals surface area contributed by atoms with Gasteiger partial charge in [0.2, 0.25) is 0 Å². The average molecular weight is 273 g/mol. The van der Waals surface area contributed by atoms with Gasteiger partial charge >= 0.3 is 0 Å². The first-order chi connectivity index (χ1) is 8.95. The van der Waals surface area contributed by atoms with E-state index in [2.05, 4.69) is 6.07 Å². The minimum Gasteiger partial charge on any atom is -0.397 e. The number of hydrogen-bond acceptors (Lipinski definition) is 5. The summed E-state index contributed by atoms with van der Waals surface area (Å²) in [6, 6.07) is 6.75. The zero-order valence-corrected chi connectivity index (χ0v) is 11.2. The van der Waals surface area contributed by atoms with Crippen LogP contribution in [0.15, 0.2) is 18.2 Å². The third-order valence-corrected chi connectivity index (χ3v) is 4.21. The summed E-state index contributed by atoms with van der Waals surface area (Å²) in [4.78, 5) is 11.7. The summed E-state index contributed by atoms with van der Waals surface area (Å²) in [5, 5.41) is 19.7. The molecule has 0 spiro atoms. The lowest BCUT2D eigenvalue weighted by atomic mass is 10.0. The second kappa shape index (κ2) is 4.71. The highest BCUT2D eigenvalue weighted by Gasteiger charge is 2.16. The number of thiophene rings is 1. The summed E-state index contributed by atoms with van der Waals surface area (Å²) in [5.41, 5.74) is 8.92. The van der Waals surface area contributed by atoms with Crippen molar-refractivity contribution in [2.75, 3.05) is 5.73 Å². The average Bonchev–Trinajstić information content (AvgIpc) is 2.66. The molecule has 0 aliphatic rings. The quantitative estimate of drug-likeness (QED) is 0.670. The first kappa shape index (κ1) is 13.1. The summed E-state index contributed by atoms with van der Waals surface area (Å²) in [6.45, 7) is 3.66. The van der Waals surface area contributed by atoms with Crippen LogP contribution in [0.25, 0.3) is 10.4 Å². The van der Waals surface area contributed by atoms with Gasteiger partial charge in [-0.05, 0) is 36.6 Å². The first-order valence-corrected chi connectivity index (χ1v) is 6.31. The number of aryl methyl sites for hydroxylation is 1. The number of non-ortho nitro benzene ring substituents is 1. The van der Waals surface area contributed by atoms with Crippen molar-refractivity contribution < 1.29 is 4.92 Å². The van der Waals surface area contributed by atoms with E-state index in [1.54, 1.807) is 6.07 Å². The Morgan fingerprint density at radius 2 is 2.11 bits per heavy atom. The van der Waals surface area contributed by atoms with Crippen LogP contribution in [0.3, 0.4) is 0 Å². The lowest BCUT2D eigenvalue weighted by molar-refractivity contribution is -0.384. The molecule has 2 N–H and O–H groups in total. The molecule has 0 atom stereocenters. The fourth-order valence-corrected chi connectivity index (χ4v) is 3.00. The highest BCUT2D eigenvalue weighted by Crippen LogP contribution is 2.39. The molecule has 19 heavy (non-hydrogen) atoms. The van der Waals surface area contributed by atoms with Gasteiger partial charge in [-0.25, -0.2) is 0 Å². The maximum atomic E-state index is 10.7. The second-order valence-corrected chi connectivity index (χ2v) is 5.19. The van der Waals surface area contributed by atoms with E-state index in [4.69, 9.17) is 11.0 Å². The molecule has 1 aromatic heterocycles. The number of nitrogens with zero attached hydrogens (tertiary/aromatic N) is 2. The van der Waals surface area contributed by atoms with Crippen LogP contribution >= 0.6 is 11.3 Å². The molecule has 0 amide bonds. The molecular formula is C13H11N3O2S. The molecule has 0 unspecified atom stereocenters. The van der Waals surface area contributed by atoms with Gasteiger partial charge in [0.05, 0.1) is 10.6 Å². The number of benzene rings is 1. The maximum Gasteiger partial charge on any atom is 0.269 e. The Labute approximate surface area is 114 Å². The molecular weight excluding hydrogens is 262 g/mol. The summed E-state index contributed by atoms with van der Waals surface area (Å²) < 4.78 is 0. The molecule has 6 heteroatoms. The van der Waals surface area contributed by atoms with E-state index >= 15 is 0 Å². The van der Waals surface area contributed by atoms with E-state index in [-0.39, 0.29) is 5.69 Å². The molecule has 0 aliphatic heterocycles. The van der Waals surface area contributed by atoms with E-state index < -0.39 is 4.92 Å². The predicted molar refractivity (Wildman–Crippen MR) is 75.0 cm³/mol. The fourth-order valence-electron chi connectivity index (χ4n) is 1.88. The van der Waals surface area contributed by atoms with E-state index in [0.29, 0.717) is 10.6 Å². The molecule has 0 bridgehead atoms. The molecule has 0 saturated carbocycles. The lowest BCUT2D eigenvalue weighted by Gasteiger charge is -2.04. The van der Waals surface area contributed by atoms with Gasteiger partial charge in [0.1, 0.15) is 10.9 Å². The lowest BCUT2D eigenvalue weighted by Crippen LogP contribution is -1.91. The standard InChI is InChI=1S/C13H11N3O2S/c1-7-5-9(16(17)18)3-4-10(7)13-8(2)12(15)11(6-14)19-13/h3-5H,15H2,1-2H3. The Hall–Kier alpha value is -2.39. The van der Waals surface area contributed by atoms with Crippen molar-refractivity contribution >= 4 is 22.7 Å². The molecule has 5 nitrogen and oxygen atoms in total. The van der Waals surface area contributed by atoms with Crippen LogP contribution in [0.2, 0.25) is 0 Å². The zero-order chi connectivity index (χ0) is 14.2. The number of nitriles is 1. The van der Waals surface area contributed by atoms with Gasteiger partial charge in [0.15, 0.2) is 0 Å². The van der Waals surface area contributed by atoms with Gasteiger partial charge < -0.3 is 5.73 Å². The van der Waals surface area contributed by atoms with Crippen molar-refractivity contribution in [1.29, 1.82) is 5.26 Å². The minimum absolute atomic E-state index is 0.0592. The molecule has 0 aliphatic carbocycles. The Balaban J connectivity index is 2.61. The summed E-state index contributed by atoms with van der Waals surface area (Å²) >= 11 is 1.31. The predicted octanol–water partition coefficient (Wildman–Crippen LogP) is 3.39. The summed E-state index contributed by atoms with van der Waals surface area (Å²) in [5.74, 6) is 0. The fraction of sp³-hybridized carbons (Fsp3) is 0.154. The molecule has 0 saturated heterocycles. The molecule has 0 fully saturated rings. The number of nitrogens with two attached hydrogens (primary N) is 1. The molecule has 0 radical (unpaired) electrons. The van der Waals surface area contributed by atoms with Crippen molar-refractivity contribution in [2.45, 2.75) is 13.8 Å². The Morgan fingerprint density at radius 3 is 2.58 bits per heavy atom. The summed E-state index contributed by atoms with van der Waals surface area (Å²) in [6.07, 6.45) is 0. The van der Waals surface area contributed by atoms with Crippen LogP contribution in [-0.4, -0.2) is 4.92 Å². The van der Waals surface area contributed by atoms with E-state index in [1.165, 1.54) is 23.5 Å². The highest BCUT2D eigenvalue weighted by atomic mass is 32.1. The molecule has 2 aromatic rings. The number of nitrogen functional groups attached to an aromatic ring is 1. The van der Waals surface area contributed by atoms with Gasteiger partial charge in [-0.1, -0.05) is 0 Å². The van der Waals surface area contributed by atoms with Crippen molar-refractivity contribution in [1.82, 2.24) is 0 Å². The highest BCUT2D eigenvalue weighted by molar-refractivity contribution is 7.16. The summed E-state index contributed by atoms with van der Waals surface area (Å²) in [7, 11) is 0. The molecule has 1 aromatic carbocycles. The molecule has 96 valence electrons. The van der Waals surface area contributed by atoms with Crippen LogP contribution in [0.1, 0.15) is 16.0 Å². The molecule has 2 rings (SSSR count). The van der Waals surface area contributed by atoms with Crippen molar-refractivity contribution in [3.8, 4) is 16.5 Å². The number of anilines is 1. The monoisotopic (exact) mass is 273 g/mol. The smallest absolute Gasteiger partial charge is 0.269 e. The van der Waals surface area contributed by atoms with Gasteiger partial charge in [0, 0.05) is 17.0 Å². The number of rotatable bonds is 2. The van der Waals surface area contributed by atoms with Crippen molar-refractivity contribution in [3.05, 3.63) is 44.3 Å². The third kappa shape index (κ3) is 2.16. The van der Waals surface area contributed by atoms with Crippen molar-refractivity contribution in [2.24, 2.45) is 0 Å². The maximum absolute atomic E-state index is 10.7. The Kier molecular flexibility index (Phi) is 3.23. The van der Waals surface area contributed by atoms with Gasteiger partial charge in [-0.15, -0.1) is 11.3 Å². The van der Waals surface area contributed by atoms with Gasteiger partial charge in [-0.3, -0.25) is 10.1 Å². The normalized spacial score (nSPS) is 10.2. The first-order valence-electron chi connectivity index (χ1n) is 5.50. The van der Waals surface area contributed by atoms with Gasteiger partial charge in [0.25, 0.3) is 5.69 Å². The van der Waals surface area contributed by atoms with Gasteiger partial charge in [-0.2, -0.15) is 5.26 Å². The largest absolute Gasteiger partial charge is 0.397 e. The minimum atomic E-state index is -0.423. The number of nitro benzene ring substituents is 1. The molecule has 1 heterocycles. The van der Waals surface area contributed by atoms with E-state index in [1.807, 2.05) is 13.8 Å². The SMILES string of the molecule is Cc1cc([N+](=O)[O-])ccc1-c1sc(C#N)c(N)c1C. The zero-order valence-electron chi connectivity index (χ0n) is 10.4. The Morgan fingerprint density at radius 1 is 1.42 bits per heavy atom. The Bertz CT molecular complexity index is 713. The van der Waals surface area contributed by atoms with E-state index in [9.17, 15) is 10.1 Å². The van der Waals surface area contributed by atoms with Crippen LogP contribution in [0, 0.1) is 35.3 Å². The topological polar surface area (TPSA) is 93.0 Å². The van der Waals surface area contributed by atoms with E-state index in [0.717, 1.165) is 21.6 Å². The third-order valence-electron chi connectivity index (χ3n) is 2.96. The second-order valence-electron chi connectivity index (χ2n) is 4.17. The van der Waals surface area contributed by atoms with Crippen molar-refractivity contribution in [3.63, 3.8) is 0 Å². The van der Waals surface area contributed by atoms with Crippen LogP contribution in [-0.2, 0) is 0 Å². The van der Waals surface area contributed by atoms with Crippen LogP contribution < -0.4 is 5.73 Å². The number of nitro groups is 1. The van der Waals surface area contributed by atoms with Crippen LogP contribution in [0.4, 0.5) is 11.4 Å². The number of hydrogen-bond donors (Lipinski definition) is 1. The van der Waals surface area contributed by atoms with Crippen LogP contribution in [0.5, 0.6) is 0 Å².